The number of nitrogen functional groups attached to an aromatic ring is 1. The highest BCUT2D eigenvalue weighted by atomic mass is 32.2. The Balaban J connectivity index is 1.75. The molecule has 11 heteroatoms. The maximum atomic E-state index is 13.1. The Morgan fingerprint density at radius 2 is 1.79 bits per heavy atom. The summed E-state index contributed by atoms with van der Waals surface area (Å²) in [4.78, 5) is 4.48. The van der Waals surface area contributed by atoms with Gasteiger partial charge in [0.05, 0.1) is 26.7 Å². The first-order valence-corrected chi connectivity index (χ1v) is 12.3. The molecule has 176 valence electrons. The lowest BCUT2D eigenvalue weighted by Gasteiger charge is -2.17. The fourth-order valence-electron chi connectivity index (χ4n) is 3.40. The number of alkyl halides is 3. The molecule has 0 amide bonds. The fourth-order valence-corrected chi connectivity index (χ4v) is 5.76. The van der Waals surface area contributed by atoms with Gasteiger partial charge in [0.1, 0.15) is 10.8 Å². The number of hydrogen-bond acceptors (Lipinski definition) is 5. The van der Waals surface area contributed by atoms with Crippen molar-refractivity contribution in [3.8, 4) is 0 Å². The summed E-state index contributed by atoms with van der Waals surface area (Å²) in [6.45, 7) is 0. The molecule has 0 radical (unpaired) electrons. The SMILES string of the molecule is N=C(N)c1cccc(CC(NS(=O)(=O)c2ccccc2)c2nc3ccc(C(F)(F)F)cc3s2)c1. The quantitative estimate of drug-likeness (QED) is 0.247. The van der Waals surface area contributed by atoms with Crippen molar-refractivity contribution in [1.82, 2.24) is 9.71 Å². The van der Waals surface area contributed by atoms with Crippen molar-refractivity contribution >= 4 is 37.4 Å². The van der Waals surface area contributed by atoms with Gasteiger partial charge in [0.25, 0.3) is 0 Å². The molecule has 0 aliphatic rings. The molecule has 0 fully saturated rings. The number of aromatic nitrogens is 1. The first kappa shape index (κ1) is 23.9. The lowest BCUT2D eigenvalue weighted by Crippen LogP contribution is -2.30. The van der Waals surface area contributed by atoms with Crippen LogP contribution in [0.15, 0.2) is 77.7 Å². The van der Waals surface area contributed by atoms with Crippen molar-refractivity contribution in [3.63, 3.8) is 0 Å². The van der Waals surface area contributed by atoms with Crippen LogP contribution in [0.5, 0.6) is 0 Å². The lowest BCUT2D eigenvalue weighted by atomic mass is 10.0. The van der Waals surface area contributed by atoms with E-state index in [9.17, 15) is 21.6 Å². The van der Waals surface area contributed by atoms with E-state index in [4.69, 9.17) is 11.1 Å². The van der Waals surface area contributed by atoms with E-state index in [1.165, 1.54) is 18.2 Å². The Kier molecular flexibility index (Phi) is 6.43. The molecular weight excluding hydrogens is 485 g/mol. The molecule has 4 aromatic rings. The highest BCUT2D eigenvalue weighted by Crippen LogP contribution is 2.35. The van der Waals surface area contributed by atoms with Gasteiger partial charge in [-0.15, -0.1) is 11.3 Å². The predicted octanol–water partition coefficient (Wildman–Crippen LogP) is 4.86. The molecule has 0 spiro atoms. The number of halogens is 3. The molecular formula is C23H19F3N4O2S2. The standard InChI is InChI=1S/C23H19F3N4O2S2/c24-23(25,26)16-9-10-18-20(13-16)33-22(29-18)19(12-14-5-4-6-15(11-14)21(27)28)30-34(31,32)17-7-2-1-3-8-17/h1-11,13,19,30H,12H2,(H3,27,28). The predicted molar refractivity (Wildman–Crippen MR) is 125 cm³/mol. The van der Waals surface area contributed by atoms with E-state index < -0.39 is 27.8 Å². The van der Waals surface area contributed by atoms with Gasteiger partial charge >= 0.3 is 6.18 Å². The minimum atomic E-state index is -4.50. The third-order valence-corrected chi connectivity index (χ3v) is 7.68. The van der Waals surface area contributed by atoms with Gasteiger partial charge < -0.3 is 5.73 Å². The Bertz CT molecular complexity index is 1450. The fraction of sp³-hybridized carbons (Fsp3) is 0.130. The third kappa shape index (κ3) is 5.27. The molecule has 0 aliphatic heterocycles. The molecule has 4 N–H and O–H groups in total. The second-order valence-electron chi connectivity index (χ2n) is 7.54. The van der Waals surface area contributed by atoms with Gasteiger partial charge in [-0.05, 0) is 48.4 Å². The van der Waals surface area contributed by atoms with Gasteiger partial charge in [-0.25, -0.2) is 18.1 Å². The van der Waals surface area contributed by atoms with Crippen molar-refractivity contribution in [2.45, 2.75) is 23.5 Å². The molecule has 0 saturated heterocycles. The van der Waals surface area contributed by atoms with E-state index in [1.807, 2.05) is 0 Å². The normalized spacial score (nSPS) is 13.1. The van der Waals surface area contributed by atoms with Crippen molar-refractivity contribution in [3.05, 3.63) is 94.5 Å². The summed E-state index contributed by atoms with van der Waals surface area (Å²) in [6.07, 6.45) is -4.35. The number of thiazole rings is 1. The lowest BCUT2D eigenvalue weighted by molar-refractivity contribution is -0.137. The minimum absolute atomic E-state index is 0.0537. The number of nitrogens with one attached hydrogen (secondary N) is 2. The van der Waals surface area contributed by atoms with Crippen LogP contribution in [0.2, 0.25) is 0 Å². The highest BCUT2D eigenvalue weighted by Gasteiger charge is 2.31. The molecule has 0 saturated carbocycles. The zero-order valence-corrected chi connectivity index (χ0v) is 19.1. The maximum Gasteiger partial charge on any atom is 0.416 e. The average molecular weight is 505 g/mol. The smallest absolute Gasteiger partial charge is 0.384 e. The average Bonchev–Trinajstić information content (AvgIpc) is 3.22. The van der Waals surface area contributed by atoms with E-state index >= 15 is 0 Å². The molecule has 0 bridgehead atoms. The van der Waals surface area contributed by atoms with E-state index in [1.54, 1.807) is 42.5 Å². The first-order valence-electron chi connectivity index (χ1n) is 10.0. The summed E-state index contributed by atoms with van der Waals surface area (Å²) < 4.78 is 68.5. The van der Waals surface area contributed by atoms with Gasteiger partial charge in [0.2, 0.25) is 10.0 Å². The molecule has 6 nitrogen and oxygen atoms in total. The Labute approximate surface area is 197 Å². The molecule has 34 heavy (non-hydrogen) atoms. The van der Waals surface area contributed by atoms with E-state index in [0.717, 1.165) is 23.5 Å². The zero-order chi connectivity index (χ0) is 24.5. The van der Waals surface area contributed by atoms with Crippen LogP contribution in [-0.4, -0.2) is 19.2 Å². The molecule has 1 heterocycles. The molecule has 1 unspecified atom stereocenters. The van der Waals surface area contributed by atoms with Crippen LogP contribution in [0.3, 0.4) is 0 Å². The van der Waals surface area contributed by atoms with E-state index in [2.05, 4.69) is 9.71 Å². The van der Waals surface area contributed by atoms with Crippen LogP contribution in [0, 0.1) is 5.41 Å². The van der Waals surface area contributed by atoms with Crippen LogP contribution in [0.4, 0.5) is 13.2 Å². The number of sulfonamides is 1. The number of hydrogen-bond donors (Lipinski definition) is 3. The summed E-state index contributed by atoms with van der Waals surface area (Å²) in [6, 6.07) is 16.9. The van der Waals surface area contributed by atoms with Crippen molar-refractivity contribution < 1.29 is 21.6 Å². The van der Waals surface area contributed by atoms with Crippen molar-refractivity contribution in [1.29, 1.82) is 5.41 Å². The van der Waals surface area contributed by atoms with Crippen LogP contribution in [0.25, 0.3) is 10.2 Å². The summed E-state index contributed by atoms with van der Waals surface area (Å²) in [5, 5.41) is 7.96. The monoisotopic (exact) mass is 504 g/mol. The van der Waals surface area contributed by atoms with Gasteiger partial charge in [-0.3, -0.25) is 5.41 Å². The molecule has 4 rings (SSSR count). The molecule has 1 aromatic heterocycles. The Morgan fingerprint density at radius 1 is 1.06 bits per heavy atom. The number of benzene rings is 3. The largest absolute Gasteiger partial charge is 0.416 e. The molecule has 0 aliphatic carbocycles. The minimum Gasteiger partial charge on any atom is -0.384 e. The number of rotatable bonds is 7. The number of nitrogens with zero attached hydrogens (tertiary/aromatic N) is 1. The summed E-state index contributed by atoms with van der Waals surface area (Å²) in [5.41, 5.74) is 6.27. The summed E-state index contributed by atoms with van der Waals surface area (Å²) in [7, 11) is -3.95. The van der Waals surface area contributed by atoms with Crippen LogP contribution in [0.1, 0.15) is 27.7 Å². The first-order chi connectivity index (χ1) is 16.0. The van der Waals surface area contributed by atoms with Gasteiger partial charge in [0, 0.05) is 5.56 Å². The van der Waals surface area contributed by atoms with Gasteiger partial charge in [-0.1, -0.05) is 36.4 Å². The summed E-state index contributed by atoms with van der Waals surface area (Å²) in [5.74, 6) is -0.136. The number of amidine groups is 1. The second-order valence-corrected chi connectivity index (χ2v) is 10.3. The number of fused-ring (bicyclic) bond motifs is 1. The zero-order valence-electron chi connectivity index (χ0n) is 17.5. The Morgan fingerprint density at radius 3 is 2.47 bits per heavy atom. The Hall–Kier alpha value is -3.28. The van der Waals surface area contributed by atoms with Crippen LogP contribution >= 0.6 is 11.3 Å². The van der Waals surface area contributed by atoms with Gasteiger partial charge in [0.15, 0.2) is 0 Å². The maximum absolute atomic E-state index is 13.1. The van der Waals surface area contributed by atoms with Crippen LogP contribution in [-0.2, 0) is 22.6 Å². The molecule has 1 atom stereocenters. The van der Waals surface area contributed by atoms with Crippen molar-refractivity contribution in [2.75, 3.05) is 0 Å². The van der Waals surface area contributed by atoms with Crippen LogP contribution < -0.4 is 10.5 Å². The van der Waals surface area contributed by atoms with E-state index in [0.29, 0.717) is 26.4 Å². The highest BCUT2D eigenvalue weighted by molar-refractivity contribution is 7.89. The third-order valence-electron chi connectivity index (χ3n) is 5.06. The number of nitrogens with two attached hydrogens (primary N) is 1. The summed E-state index contributed by atoms with van der Waals surface area (Å²) >= 11 is 0.996. The molecule has 3 aromatic carbocycles. The van der Waals surface area contributed by atoms with Gasteiger partial charge in [-0.2, -0.15) is 13.2 Å². The van der Waals surface area contributed by atoms with E-state index in [-0.39, 0.29) is 17.2 Å². The van der Waals surface area contributed by atoms with Crippen molar-refractivity contribution in [2.24, 2.45) is 5.73 Å². The topological polar surface area (TPSA) is 109 Å². The second kappa shape index (κ2) is 9.16.